The quantitative estimate of drug-likeness (QED) is 0.553. The fraction of sp³-hybridized carbons (Fsp3) is 0.571. The van der Waals surface area contributed by atoms with Crippen LogP contribution in [0.15, 0.2) is 24.4 Å². The maximum absolute atomic E-state index is 12.5. The van der Waals surface area contributed by atoms with Crippen molar-refractivity contribution < 1.29 is 24.1 Å². The number of nitrogens with one attached hydrogen (secondary N) is 2. The molecular weight excluding hydrogens is 416 g/mol. The summed E-state index contributed by atoms with van der Waals surface area (Å²) in [4.78, 5) is 14.5. The highest BCUT2D eigenvalue weighted by atomic mass is 16.7. The molecule has 3 heterocycles. The summed E-state index contributed by atoms with van der Waals surface area (Å²) in [6.45, 7) is 1.44. The van der Waals surface area contributed by atoms with Gasteiger partial charge >= 0.3 is 6.03 Å². The molecule has 174 valence electrons. The van der Waals surface area contributed by atoms with Gasteiger partial charge in [0.25, 0.3) is 0 Å². The normalized spacial score (nSPS) is 22.2. The van der Waals surface area contributed by atoms with Crippen LogP contribution in [0.4, 0.5) is 10.5 Å². The molecule has 2 amide bonds. The molecular formula is C21H30N6O5. The summed E-state index contributed by atoms with van der Waals surface area (Å²) in [6, 6.07) is 4.58. The van der Waals surface area contributed by atoms with Crippen molar-refractivity contribution in [1.82, 2.24) is 25.2 Å². The number of benzene rings is 1. The second-order valence-corrected chi connectivity index (χ2v) is 8.33. The van der Waals surface area contributed by atoms with Crippen molar-refractivity contribution in [3.05, 3.63) is 30.1 Å². The summed E-state index contributed by atoms with van der Waals surface area (Å²) in [5.41, 5.74) is 1.52. The molecule has 3 atom stereocenters. The molecule has 2 aliphatic heterocycles. The first-order chi connectivity index (χ1) is 15.5. The number of hydrogen-bond acceptors (Lipinski definition) is 8. The van der Waals surface area contributed by atoms with Crippen LogP contribution < -0.4 is 20.1 Å². The second kappa shape index (κ2) is 10.2. The van der Waals surface area contributed by atoms with Crippen LogP contribution in [0.2, 0.25) is 0 Å². The van der Waals surface area contributed by atoms with Gasteiger partial charge in [0.15, 0.2) is 11.5 Å². The Kier molecular flexibility index (Phi) is 7.08. The zero-order chi connectivity index (χ0) is 22.5. The number of aliphatic hydroxyl groups excluding tert-OH is 1. The Bertz CT molecular complexity index is 920. The highest BCUT2D eigenvalue weighted by Gasteiger charge is 2.32. The largest absolute Gasteiger partial charge is 0.454 e. The van der Waals surface area contributed by atoms with E-state index in [-0.39, 0.29) is 31.6 Å². The molecule has 2 aromatic rings. The van der Waals surface area contributed by atoms with Crippen molar-refractivity contribution in [3.8, 4) is 11.5 Å². The number of rotatable bonds is 8. The van der Waals surface area contributed by atoms with Gasteiger partial charge in [-0.05, 0) is 45.5 Å². The van der Waals surface area contributed by atoms with E-state index in [0.717, 1.165) is 25.1 Å². The predicted molar refractivity (Wildman–Crippen MR) is 116 cm³/mol. The van der Waals surface area contributed by atoms with Gasteiger partial charge in [-0.15, -0.1) is 5.10 Å². The van der Waals surface area contributed by atoms with E-state index < -0.39 is 6.10 Å². The van der Waals surface area contributed by atoms with Gasteiger partial charge in [-0.2, -0.15) is 0 Å². The molecule has 1 saturated heterocycles. The van der Waals surface area contributed by atoms with E-state index in [1.54, 1.807) is 18.2 Å². The van der Waals surface area contributed by atoms with Gasteiger partial charge in [0.05, 0.1) is 24.4 Å². The van der Waals surface area contributed by atoms with Crippen molar-refractivity contribution in [2.75, 3.05) is 32.8 Å². The molecule has 3 N–H and O–H groups in total. The van der Waals surface area contributed by atoms with E-state index >= 15 is 0 Å². The third-order valence-electron chi connectivity index (χ3n) is 5.49. The lowest BCUT2D eigenvalue weighted by Crippen LogP contribution is -2.52. The molecule has 1 fully saturated rings. The molecule has 0 aliphatic carbocycles. The summed E-state index contributed by atoms with van der Waals surface area (Å²) in [5, 5.41) is 23.8. The van der Waals surface area contributed by atoms with Crippen LogP contribution >= 0.6 is 0 Å². The second-order valence-electron chi connectivity index (χ2n) is 8.33. The zero-order valence-electron chi connectivity index (χ0n) is 18.4. The van der Waals surface area contributed by atoms with Gasteiger partial charge in [-0.25, -0.2) is 4.79 Å². The lowest BCUT2D eigenvalue weighted by molar-refractivity contribution is -0.0905. The number of hydrogen-bond donors (Lipinski definition) is 3. The number of anilines is 1. The molecule has 0 saturated carbocycles. The van der Waals surface area contributed by atoms with Crippen LogP contribution in [-0.2, 0) is 17.8 Å². The number of aliphatic hydroxyl groups is 1. The monoisotopic (exact) mass is 446 g/mol. The minimum Gasteiger partial charge on any atom is -0.454 e. The first-order valence-corrected chi connectivity index (χ1v) is 10.8. The number of carbonyl (C=O) groups is 1. The summed E-state index contributed by atoms with van der Waals surface area (Å²) in [6.07, 6.45) is 3.73. The number of aryl methyl sites for hydroxylation is 1. The number of nitrogens with zero attached hydrogens (tertiary/aromatic N) is 4. The fourth-order valence-corrected chi connectivity index (χ4v) is 3.94. The van der Waals surface area contributed by atoms with Crippen LogP contribution in [0.25, 0.3) is 0 Å². The van der Waals surface area contributed by atoms with Crippen molar-refractivity contribution in [2.24, 2.45) is 0 Å². The first-order valence-electron chi connectivity index (χ1n) is 10.8. The molecule has 2 aliphatic rings. The van der Waals surface area contributed by atoms with Gasteiger partial charge in [-0.3, -0.25) is 4.68 Å². The third-order valence-corrected chi connectivity index (χ3v) is 5.49. The number of ether oxygens (including phenoxy) is 3. The Hall–Kier alpha value is -2.89. The minimum atomic E-state index is -0.462. The Labute approximate surface area is 186 Å². The molecule has 0 radical (unpaired) electrons. The van der Waals surface area contributed by atoms with Gasteiger partial charge in [0, 0.05) is 31.0 Å². The van der Waals surface area contributed by atoms with Crippen molar-refractivity contribution >= 4 is 11.7 Å². The van der Waals surface area contributed by atoms with Gasteiger partial charge in [0.2, 0.25) is 6.79 Å². The topological polar surface area (TPSA) is 123 Å². The average molecular weight is 447 g/mol. The van der Waals surface area contributed by atoms with E-state index in [1.165, 1.54) is 0 Å². The van der Waals surface area contributed by atoms with Gasteiger partial charge in [0.1, 0.15) is 6.10 Å². The lowest BCUT2D eigenvalue weighted by Gasteiger charge is -2.36. The molecule has 32 heavy (non-hydrogen) atoms. The third kappa shape index (κ3) is 5.67. The Morgan fingerprint density at radius 1 is 1.28 bits per heavy atom. The molecule has 1 aromatic heterocycles. The highest BCUT2D eigenvalue weighted by Crippen LogP contribution is 2.34. The molecule has 11 heteroatoms. The van der Waals surface area contributed by atoms with E-state index in [2.05, 4.69) is 20.9 Å². The van der Waals surface area contributed by atoms with Crippen molar-refractivity contribution in [2.45, 2.75) is 50.6 Å². The van der Waals surface area contributed by atoms with Crippen LogP contribution in [0.5, 0.6) is 11.5 Å². The number of aromatic nitrogens is 3. The number of carbonyl (C=O) groups excluding carboxylic acids is 1. The van der Waals surface area contributed by atoms with E-state index in [1.807, 2.05) is 29.9 Å². The minimum absolute atomic E-state index is 0.0105. The van der Waals surface area contributed by atoms with Crippen molar-refractivity contribution in [1.29, 1.82) is 0 Å². The van der Waals surface area contributed by atoms with Crippen LogP contribution in [0.1, 0.15) is 25.0 Å². The van der Waals surface area contributed by atoms with Crippen LogP contribution in [0, 0.1) is 0 Å². The molecule has 0 bridgehead atoms. The van der Waals surface area contributed by atoms with E-state index in [4.69, 9.17) is 14.2 Å². The molecule has 0 spiro atoms. The van der Waals surface area contributed by atoms with E-state index in [9.17, 15) is 9.90 Å². The Balaban J connectivity index is 1.24. The summed E-state index contributed by atoms with van der Waals surface area (Å²) in [7, 11) is 3.98. The maximum atomic E-state index is 12.5. The lowest BCUT2D eigenvalue weighted by atomic mass is 9.97. The average Bonchev–Trinajstić information content (AvgIpc) is 3.41. The summed E-state index contributed by atoms with van der Waals surface area (Å²) < 4.78 is 18.5. The zero-order valence-corrected chi connectivity index (χ0v) is 18.4. The Morgan fingerprint density at radius 2 is 2.12 bits per heavy atom. The standard InChI is InChI=1S/C21H30N6O5/c1-26(2)10-15-11-27(25-24-15)8-7-16-4-5-17(20(12-28)32-16)23-21(29)22-14-3-6-18-19(9-14)31-13-30-18/h3,6,9,11,16-17,20,28H,4-5,7-8,10,12-13H2,1-2H3,(H2,22,23,29)/t16-,17-,20-/m0/s1. The highest BCUT2D eigenvalue weighted by molar-refractivity contribution is 5.90. The Morgan fingerprint density at radius 3 is 2.94 bits per heavy atom. The number of fused-ring (bicyclic) bond motifs is 1. The summed E-state index contributed by atoms with van der Waals surface area (Å²) >= 11 is 0. The van der Waals surface area contributed by atoms with Gasteiger partial charge < -0.3 is 34.9 Å². The SMILES string of the molecule is CN(C)Cc1cn(CC[C@@H]2CC[C@H](NC(=O)Nc3ccc4c(c3)OCO4)[C@H](CO)O2)nn1. The molecule has 11 nitrogen and oxygen atoms in total. The number of amides is 2. The molecule has 1 aromatic carbocycles. The van der Waals surface area contributed by atoms with Crippen LogP contribution in [0.3, 0.4) is 0 Å². The van der Waals surface area contributed by atoms with E-state index in [0.29, 0.717) is 30.2 Å². The van der Waals surface area contributed by atoms with Gasteiger partial charge in [-0.1, -0.05) is 5.21 Å². The summed E-state index contributed by atoms with van der Waals surface area (Å²) in [5.74, 6) is 1.25. The molecule has 0 unspecified atom stereocenters. The molecule has 4 rings (SSSR count). The predicted octanol–water partition coefficient (Wildman–Crippen LogP) is 1.19. The smallest absolute Gasteiger partial charge is 0.319 e. The first kappa shape index (κ1) is 22.3. The maximum Gasteiger partial charge on any atom is 0.319 e. The number of urea groups is 1. The fourth-order valence-electron chi connectivity index (χ4n) is 3.94. The van der Waals surface area contributed by atoms with Crippen LogP contribution in [-0.4, -0.2) is 76.8 Å². The van der Waals surface area contributed by atoms with Crippen molar-refractivity contribution in [3.63, 3.8) is 0 Å².